The Labute approximate surface area is 81.0 Å². The van der Waals surface area contributed by atoms with Crippen LogP contribution in [0, 0.1) is 0 Å². The Morgan fingerprint density at radius 3 is 2.64 bits per heavy atom. The van der Waals surface area contributed by atoms with Gasteiger partial charge in [-0.05, 0) is 24.3 Å². The van der Waals surface area contributed by atoms with E-state index in [9.17, 15) is 0 Å². The lowest BCUT2D eigenvalue weighted by Crippen LogP contribution is -1.89. The Bertz CT molecular complexity index is 549. The highest BCUT2D eigenvalue weighted by Crippen LogP contribution is 2.18. The van der Waals surface area contributed by atoms with Gasteiger partial charge in [0, 0.05) is 17.8 Å². The van der Waals surface area contributed by atoms with Gasteiger partial charge in [-0.1, -0.05) is 12.1 Å². The van der Waals surface area contributed by atoms with E-state index < -0.39 is 0 Å². The zero-order chi connectivity index (χ0) is 9.38. The third-order valence-electron chi connectivity index (χ3n) is 2.30. The van der Waals surface area contributed by atoms with E-state index >= 15 is 0 Å². The number of benzene rings is 1. The fourth-order valence-electron chi connectivity index (χ4n) is 1.62. The number of rotatable bonds is 1. The minimum absolute atomic E-state index is 0.950. The summed E-state index contributed by atoms with van der Waals surface area (Å²) in [6, 6.07) is 12.1. The first-order chi connectivity index (χ1) is 6.95. The summed E-state index contributed by atoms with van der Waals surface area (Å²) in [6.45, 7) is 0. The summed E-state index contributed by atoms with van der Waals surface area (Å²) in [6.07, 6.45) is 3.98. The number of para-hydroxylation sites is 1. The second-order valence-corrected chi connectivity index (χ2v) is 3.18. The molecule has 0 aliphatic carbocycles. The molecule has 2 aromatic heterocycles. The van der Waals surface area contributed by atoms with Crippen molar-refractivity contribution in [3.05, 3.63) is 48.8 Å². The molecule has 0 saturated carbocycles. The molecule has 0 aliphatic heterocycles. The third-order valence-corrected chi connectivity index (χ3v) is 2.30. The quantitative estimate of drug-likeness (QED) is 0.617. The highest BCUT2D eigenvalue weighted by molar-refractivity contribution is 5.85. The first kappa shape index (κ1) is 7.38. The van der Waals surface area contributed by atoms with Crippen LogP contribution in [0.25, 0.3) is 16.7 Å². The van der Waals surface area contributed by atoms with Gasteiger partial charge >= 0.3 is 0 Å². The van der Waals surface area contributed by atoms with E-state index in [2.05, 4.69) is 16.3 Å². The molecule has 0 atom stereocenters. The first-order valence-corrected chi connectivity index (χ1v) is 4.51. The number of fused-ring (bicyclic) bond motifs is 1. The molecule has 0 fully saturated rings. The van der Waals surface area contributed by atoms with E-state index in [0.717, 1.165) is 16.7 Å². The minimum Gasteiger partial charge on any atom is -0.307 e. The van der Waals surface area contributed by atoms with Gasteiger partial charge in [0.15, 0.2) is 5.82 Å². The molecule has 0 amide bonds. The van der Waals surface area contributed by atoms with E-state index in [1.807, 2.05) is 47.3 Å². The van der Waals surface area contributed by atoms with Crippen molar-refractivity contribution in [3.63, 3.8) is 0 Å². The zero-order valence-electron chi connectivity index (χ0n) is 7.51. The SMILES string of the molecule is c1ccc2c(-n3cccc3)n[nH]c2c1. The first-order valence-electron chi connectivity index (χ1n) is 4.51. The van der Waals surface area contributed by atoms with Crippen molar-refractivity contribution in [1.29, 1.82) is 0 Å². The maximum Gasteiger partial charge on any atom is 0.166 e. The van der Waals surface area contributed by atoms with Crippen LogP contribution in [0.2, 0.25) is 0 Å². The molecule has 3 rings (SSSR count). The van der Waals surface area contributed by atoms with Gasteiger partial charge in [-0.15, -0.1) is 0 Å². The number of H-pyrrole nitrogens is 1. The summed E-state index contributed by atoms with van der Waals surface area (Å²) in [5.74, 6) is 0.950. The van der Waals surface area contributed by atoms with Crippen LogP contribution < -0.4 is 0 Å². The van der Waals surface area contributed by atoms with Gasteiger partial charge in [-0.25, -0.2) is 0 Å². The Balaban J connectivity index is 2.33. The molecule has 68 valence electrons. The van der Waals surface area contributed by atoms with E-state index in [1.165, 1.54) is 0 Å². The van der Waals surface area contributed by atoms with Crippen molar-refractivity contribution in [2.75, 3.05) is 0 Å². The number of hydrogen-bond donors (Lipinski definition) is 1. The van der Waals surface area contributed by atoms with Gasteiger partial charge in [-0.2, -0.15) is 5.10 Å². The number of aromatic amines is 1. The van der Waals surface area contributed by atoms with E-state index in [4.69, 9.17) is 0 Å². The largest absolute Gasteiger partial charge is 0.307 e. The van der Waals surface area contributed by atoms with Crippen molar-refractivity contribution in [3.8, 4) is 5.82 Å². The van der Waals surface area contributed by atoms with Crippen molar-refractivity contribution >= 4 is 10.9 Å². The summed E-state index contributed by atoms with van der Waals surface area (Å²) in [4.78, 5) is 0. The molecule has 3 nitrogen and oxygen atoms in total. The Morgan fingerprint density at radius 2 is 1.79 bits per heavy atom. The highest BCUT2D eigenvalue weighted by Gasteiger charge is 2.04. The normalized spacial score (nSPS) is 10.9. The Morgan fingerprint density at radius 1 is 1.00 bits per heavy atom. The number of hydrogen-bond acceptors (Lipinski definition) is 1. The second kappa shape index (κ2) is 2.73. The molecule has 14 heavy (non-hydrogen) atoms. The maximum absolute atomic E-state index is 4.28. The average molecular weight is 183 g/mol. The fourth-order valence-corrected chi connectivity index (χ4v) is 1.62. The molecule has 0 spiro atoms. The summed E-state index contributed by atoms with van der Waals surface area (Å²) >= 11 is 0. The molecule has 0 bridgehead atoms. The van der Waals surface area contributed by atoms with Gasteiger partial charge in [0.1, 0.15) is 0 Å². The van der Waals surface area contributed by atoms with Crippen LogP contribution in [-0.2, 0) is 0 Å². The standard InChI is InChI=1S/C11H9N3/c1-2-6-10-9(5-1)11(13-12-10)14-7-3-4-8-14/h1-8H,(H,12,13). The van der Waals surface area contributed by atoms with Gasteiger partial charge in [0.25, 0.3) is 0 Å². The molecule has 0 saturated heterocycles. The lowest BCUT2D eigenvalue weighted by Gasteiger charge is -1.96. The lowest BCUT2D eigenvalue weighted by molar-refractivity contribution is 0.976. The number of nitrogens with zero attached hydrogens (tertiary/aromatic N) is 2. The van der Waals surface area contributed by atoms with Crippen LogP contribution in [-0.4, -0.2) is 14.8 Å². The average Bonchev–Trinajstić information content (AvgIpc) is 2.85. The summed E-state index contributed by atoms with van der Waals surface area (Å²) < 4.78 is 2.00. The monoisotopic (exact) mass is 183 g/mol. The van der Waals surface area contributed by atoms with E-state index in [0.29, 0.717) is 0 Å². The molecule has 0 unspecified atom stereocenters. The van der Waals surface area contributed by atoms with Crippen LogP contribution in [0.3, 0.4) is 0 Å². The van der Waals surface area contributed by atoms with Crippen LogP contribution in [0.15, 0.2) is 48.8 Å². The second-order valence-electron chi connectivity index (χ2n) is 3.18. The molecular formula is C11H9N3. The van der Waals surface area contributed by atoms with Gasteiger partial charge in [0.05, 0.1) is 5.52 Å². The molecule has 3 aromatic rings. The van der Waals surface area contributed by atoms with Crippen LogP contribution in [0.1, 0.15) is 0 Å². The molecule has 2 heterocycles. The molecule has 0 aliphatic rings. The van der Waals surface area contributed by atoms with Gasteiger partial charge < -0.3 is 4.57 Å². The third kappa shape index (κ3) is 0.956. The van der Waals surface area contributed by atoms with Crippen LogP contribution in [0.5, 0.6) is 0 Å². The van der Waals surface area contributed by atoms with Crippen molar-refractivity contribution in [1.82, 2.24) is 14.8 Å². The Hall–Kier alpha value is -2.03. The Kier molecular flexibility index (Phi) is 1.44. The number of aromatic nitrogens is 3. The zero-order valence-corrected chi connectivity index (χ0v) is 7.51. The smallest absolute Gasteiger partial charge is 0.166 e. The summed E-state index contributed by atoms with van der Waals surface area (Å²) in [5, 5.41) is 8.42. The molecule has 1 N–H and O–H groups in total. The molecule has 1 aromatic carbocycles. The number of nitrogens with one attached hydrogen (secondary N) is 1. The van der Waals surface area contributed by atoms with Crippen molar-refractivity contribution < 1.29 is 0 Å². The van der Waals surface area contributed by atoms with E-state index in [1.54, 1.807) is 0 Å². The summed E-state index contributed by atoms with van der Waals surface area (Å²) in [5.41, 5.74) is 1.07. The predicted molar refractivity (Wildman–Crippen MR) is 55.4 cm³/mol. The minimum atomic E-state index is 0.950. The van der Waals surface area contributed by atoms with Gasteiger partial charge in [0.2, 0.25) is 0 Å². The topological polar surface area (TPSA) is 33.6 Å². The van der Waals surface area contributed by atoms with E-state index in [-0.39, 0.29) is 0 Å². The van der Waals surface area contributed by atoms with Crippen LogP contribution >= 0.6 is 0 Å². The van der Waals surface area contributed by atoms with Gasteiger partial charge in [-0.3, -0.25) is 5.10 Å². The fraction of sp³-hybridized carbons (Fsp3) is 0. The highest BCUT2D eigenvalue weighted by atomic mass is 15.2. The molecule has 3 heteroatoms. The lowest BCUT2D eigenvalue weighted by atomic mass is 10.2. The molecular weight excluding hydrogens is 174 g/mol. The van der Waals surface area contributed by atoms with Crippen molar-refractivity contribution in [2.45, 2.75) is 0 Å². The van der Waals surface area contributed by atoms with Crippen molar-refractivity contribution in [2.24, 2.45) is 0 Å². The maximum atomic E-state index is 4.28. The van der Waals surface area contributed by atoms with Crippen LogP contribution in [0.4, 0.5) is 0 Å². The predicted octanol–water partition coefficient (Wildman–Crippen LogP) is 2.35. The molecule has 0 radical (unpaired) electrons. The summed E-state index contributed by atoms with van der Waals surface area (Å²) in [7, 11) is 0.